The van der Waals surface area contributed by atoms with Crippen molar-refractivity contribution >= 4 is 32.7 Å². The maximum Gasteiger partial charge on any atom is 0.264 e. The molecule has 0 fully saturated rings. The van der Waals surface area contributed by atoms with Crippen LogP contribution in [0.15, 0.2) is 65.7 Å². The average molecular weight is 258 g/mol. The molecule has 3 heteroatoms. The van der Waals surface area contributed by atoms with Crippen LogP contribution in [-0.4, -0.2) is 8.80 Å². The fourth-order valence-electron chi connectivity index (χ4n) is 3.21. The molecule has 0 saturated heterocycles. The Morgan fingerprint density at radius 1 is 0.700 bits per heavy atom. The molecule has 0 aliphatic rings. The summed E-state index contributed by atoms with van der Waals surface area (Å²) in [6, 6.07) is 16.0. The zero-order valence-corrected chi connectivity index (χ0v) is 10.6. The van der Waals surface area contributed by atoms with Crippen molar-refractivity contribution < 1.29 is 0 Å². The van der Waals surface area contributed by atoms with Gasteiger partial charge in [0.05, 0.1) is 21.9 Å². The summed E-state index contributed by atoms with van der Waals surface area (Å²) >= 11 is 0. The smallest absolute Gasteiger partial charge is 0.264 e. The van der Waals surface area contributed by atoms with Crippen molar-refractivity contribution in [2.75, 3.05) is 0 Å². The van der Waals surface area contributed by atoms with E-state index < -0.39 is 0 Å². The first kappa shape index (κ1) is 10.0. The van der Waals surface area contributed by atoms with Crippen molar-refractivity contribution in [3.63, 3.8) is 0 Å². The van der Waals surface area contributed by atoms with Gasteiger partial charge in [0.2, 0.25) is 0 Å². The molecule has 3 nitrogen and oxygen atoms in total. The van der Waals surface area contributed by atoms with E-state index in [1.165, 1.54) is 0 Å². The second-order valence-corrected chi connectivity index (χ2v) is 5.14. The third kappa shape index (κ3) is 1.00. The maximum absolute atomic E-state index is 12.8. The van der Waals surface area contributed by atoms with E-state index >= 15 is 0 Å². The summed E-state index contributed by atoms with van der Waals surface area (Å²) in [6.45, 7) is 0. The van der Waals surface area contributed by atoms with Crippen LogP contribution in [0.5, 0.6) is 0 Å². The highest BCUT2D eigenvalue weighted by Gasteiger charge is 2.12. The van der Waals surface area contributed by atoms with E-state index in [-0.39, 0.29) is 5.56 Å². The van der Waals surface area contributed by atoms with E-state index in [1.807, 2.05) is 42.7 Å². The summed E-state index contributed by atoms with van der Waals surface area (Å²) < 4.78 is 3.88. The SMILES string of the molecule is O=c1c2ccccc2n2ccc3ccc4ccn1c4c32. The molecule has 0 bridgehead atoms. The number of fused-ring (bicyclic) bond motifs is 2. The van der Waals surface area contributed by atoms with Crippen molar-refractivity contribution in [3.8, 4) is 0 Å². The van der Waals surface area contributed by atoms with Crippen LogP contribution in [0.1, 0.15) is 0 Å². The third-order valence-corrected chi connectivity index (χ3v) is 4.11. The third-order valence-electron chi connectivity index (χ3n) is 4.11. The molecule has 2 aromatic carbocycles. The Balaban J connectivity index is 2.39. The minimum absolute atomic E-state index is 0.0341. The fourth-order valence-corrected chi connectivity index (χ4v) is 3.21. The predicted octanol–water partition coefficient (Wildman–Crippen LogP) is 3.30. The quantitative estimate of drug-likeness (QED) is 0.418. The molecule has 5 aromatic rings. The highest BCUT2D eigenvalue weighted by atomic mass is 16.1. The molecule has 3 heterocycles. The Bertz CT molecular complexity index is 1160. The monoisotopic (exact) mass is 258 g/mol. The van der Waals surface area contributed by atoms with Crippen LogP contribution >= 0.6 is 0 Å². The van der Waals surface area contributed by atoms with Crippen molar-refractivity contribution in [1.29, 1.82) is 0 Å². The summed E-state index contributed by atoms with van der Waals surface area (Å²) in [5.41, 5.74) is 3.08. The van der Waals surface area contributed by atoms with E-state index in [4.69, 9.17) is 0 Å². The first-order valence-corrected chi connectivity index (χ1v) is 6.60. The minimum atomic E-state index is 0.0341. The van der Waals surface area contributed by atoms with E-state index in [0.717, 1.165) is 32.7 Å². The van der Waals surface area contributed by atoms with Crippen LogP contribution in [0.4, 0.5) is 0 Å². The molecule has 0 radical (unpaired) electrons. The van der Waals surface area contributed by atoms with Gasteiger partial charge in [-0.3, -0.25) is 9.20 Å². The van der Waals surface area contributed by atoms with E-state index in [9.17, 15) is 4.79 Å². The molecule has 0 atom stereocenters. The molecule has 3 aromatic heterocycles. The average Bonchev–Trinajstić information content (AvgIpc) is 3.07. The molecule has 5 rings (SSSR count). The summed E-state index contributed by atoms with van der Waals surface area (Å²) in [4.78, 5) is 12.8. The Morgan fingerprint density at radius 2 is 1.35 bits per heavy atom. The molecule has 0 spiro atoms. The molecule has 0 saturated carbocycles. The standard InChI is InChI=1S/C17H10N2O/c20-17-13-3-1-2-4-14(13)18-9-7-11-5-6-12-8-10-19(17)16(12)15(11)18/h1-10H. The van der Waals surface area contributed by atoms with Crippen molar-refractivity contribution in [2.24, 2.45) is 0 Å². The highest BCUT2D eigenvalue weighted by Crippen LogP contribution is 2.28. The number of nitrogens with zero attached hydrogens (tertiary/aromatic N) is 2. The second kappa shape index (κ2) is 3.20. The maximum atomic E-state index is 12.8. The van der Waals surface area contributed by atoms with Crippen LogP contribution in [0, 0.1) is 0 Å². The Labute approximate surface area is 113 Å². The first-order valence-electron chi connectivity index (χ1n) is 6.60. The van der Waals surface area contributed by atoms with Gasteiger partial charge in [-0.15, -0.1) is 0 Å². The Hall–Kier alpha value is -2.81. The molecular weight excluding hydrogens is 248 g/mol. The van der Waals surface area contributed by atoms with Gasteiger partial charge in [-0.1, -0.05) is 24.3 Å². The molecule has 0 unspecified atom stereocenters. The highest BCUT2D eigenvalue weighted by molar-refractivity contribution is 6.06. The largest absolute Gasteiger partial charge is 0.314 e. The van der Waals surface area contributed by atoms with Crippen molar-refractivity contribution in [2.45, 2.75) is 0 Å². The first-order chi connectivity index (χ1) is 9.84. The molecule has 0 aliphatic heterocycles. The van der Waals surface area contributed by atoms with E-state index in [0.29, 0.717) is 0 Å². The summed E-state index contributed by atoms with van der Waals surface area (Å²) in [7, 11) is 0. The topological polar surface area (TPSA) is 25.9 Å². The van der Waals surface area contributed by atoms with Crippen LogP contribution < -0.4 is 5.56 Å². The van der Waals surface area contributed by atoms with Crippen LogP contribution in [0.25, 0.3) is 32.7 Å². The van der Waals surface area contributed by atoms with Gasteiger partial charge >= 0.3 is 0 Å². The zero-order chi connectivity index (χ0) is 13.3. The molecule has 20 heavy (non-hydrogen) atoms. The van der Waals surface area contributed by atoms with Crippen LogP contribution in [0.2, 0.25) is 0 Å². The number of hydrogen-bond donors (Lipinski definition) is 0. The lowest BCUT2D eigenvalue weighted by atomic mass is 10.2. The van der Waals surface area contributed by atoms with Gasteiger partial charge in [0, 0.05) is 23.2 Å². The van der Waals surface area contributed by atoms with Crippen molar-refractivity contribution in [3.05, 3.63) is 71.3 Å². The molecule has 0 aliphatic carbocycles. The van der Waals surface area contributed by atoms with E-state index in [2.05, 4.69) is 22.6 Å². The zero-order valence-electron chi connectivity index (χ0n) is 10.6. The number of rotatable bonds is 0. The van der Waals surface area contributed by atoms with Gasteiger partial charge in [0.25, 0.3) is 5.56 Å². The van der Waals surface area contributed by atoms with Gasteiger partial charge in [-0.25, -0.2) is 0 Å². The van der Waals surface area contributed by atoms with E-state index in [1.54, 1.807) is 4.40 Å². The van der Waals surface area contributed by atoms with Crippen LogP contribution in [0.3, 0.4) is 0 Å². The lowest BCUT2D eigenvalue weighted by Crippen LogP contribution is -2.08. The van der Waals surface area contributed by atoms with Crippen LogP contribution in [-0.2, 0) is 0 Å². The molecule has 0 N–H and O–H groups in total. The molecular formula is C17H10N2O. The predicted molar refractivity (Wildman–Crippen MR) is 80.8 cm³/mol. The fraction of sp³-hybridized carbons (Fsp3) is 0. The summed E-state index contributed by atoms with van der Waals surface area (Å²) in [6.07, 6.45) is 3.91. The number of para-hydroxylation sites is 1. The Kier molecular flexibility index (Phi) is 1.60. The Morgan fingerprint density at radius 3 is 2.15 bits per heavy atom. The lowest BCUT2D eigenvalue weighted by molar-refractivity contribution is 1.16. The number of aromatic nitrogens is 2. The van der Waals surface area contributed by atoms with Gasteiger partial charge in [-0.2, -0.15) is 0 Å². The number of benzene rings is 2. The number of hydrogen-bond acceptors (Lipinski definition) is 1. The molecule has 0 amide bonds. The lowest BCUT2D eigenvalue weighted by Gasteiger charge is -1.98. The normalized spacial score (nSPS) is 12.2. The van der Waals surface area contributed by atoms with Gasteiger partial charge in [0.15, 0.2) is 0 Å². The summed E-state index contributed by atoms with van der Waals surface area (Å²) in [5, 5.41) is 2.99. The second-order valence-electron chi connectivity index (χ2n) is 5.14. The van der Waals surface area contributed by atoms with Gasteiger partial charge in [0.1, 0.15) is 0 Å². The van der Waals surface area contributed by atoms with Gasteiger partial charge < -0.3 is 4.40 Å². The minimum Gasteiger partial charge on any atom is -0.314 e. The van der Waals surface area contributed by atoms with Crippen molar-refractivity contribution in [1.82, 2.24) is 8.80 Å². The molecule has 94 valence electrons. The summed E-state index contributed by atoms with van der Waals surface area (Å²) in [5.74, 6) is 0. The van der Waals surface area contributed by atoms with Gasteiger partial charge in [-0.05, 0) is 24.3 Å².